The summed E-state index contributed by atoms with van der Waals surface area (Å²) in [6.45, 7) is 1.49. The van der Waals surface area contributed by atoms with E-state index in [2.05, 4.69) is 15.0 Å². The Hall–Kier alpha value is -2.16. The number of thiazole rings is 1. The van der Waals surface area contributed by atoms with Gasteiger partial charge in [0, 0.05) is 19.8 Å². The molecule has 0 bridgehead atoms. The molecule has 0 saturated carbocycles. The quantitative estimate of drug-likeness (QED) is 0.600. The Morgan fingerprint density at radius 3 is 2.67 bits per heavy atom. The zero-order chi connectivity index (χ0) is 18.7. The first kappa shape index (κ1) is 21.1. The molecule has 0 unspecified atom stereocenters. The number of hydrogen-bond donors (Lipinski definition) is 0. The summed E-state index contributed by atoms with van der Waals surface area (Å²) in [5.74, 6) is 0.694. The van der Waals surface area contributed by atoms with E-state index in [0.29, 0.717) is 17.4 Å². The van der Waals surface area contributed by atoms with Crippen molar-refractivity contribution in [3.63, 3.8) is 0 Å². The van der Waals surface area contributed by atoms with Gasteiger partial charge in [-0.3, -0.25) is 14.4 Å². The number of nitrogens with zero attached hydrogens (tertiary/aromatic N) is 5. The molecule has 9 heteroatoms. The van der Waals surface area contributed by atoms with Gasteiger partial charge >= 0.3 is 0 Å². The van der Waals surface area contributed by atoms with Crippen LogP contribution in [0, 0.1) is 0 Å². The molecule has 0 fully saturated rings. The maximum absolute atomic E-state index is 13.1. The fourth-order valence-electron chi connectivity index (χ4n) is 2.69. The number of benzene rings is 1. The van der Waals surface area contributed by atoms with E-state index in [-0.39, 0.29) is 18.3 Å². The highest BCUT2D eigenvalue weighted by molar-refractivity contribution is 7.22. The van der Waals surface area contributed by atoms with Gasteiger partial charge < -0.3 is 9.64 Å². The van der Waals surface area contributed by atoms with Gasteiger partial charge in [0.2, 0.25) is 0 Å². The maximum atomic E-state index is 13.1. The number of aryl methyl sites for hydroxylation is 1. The lowest BCUT2D eigenvalue weighted by Gasteiger charge is -2.20. The van der Waals surface area contributed by atoms with Crippen LogP contribution < -0.4 is 9.64 Å². The smallest absolute Gasteiger partial charge is 0.278 e. The van der Waals surface area contributed by atoms with Gasteiger partial charge in [-0.2, -0.15) is 5.10 Å². The SMILES string of the molecule is COc1ccc2nc(N(CCCN(C)C)C(=O)c3ccnn3C)sc2c1.Cl. The topological polar surface area (TPSA) is 63.5 Å². The predicted molar refractivity (Wildman–Crippen MR) is 111 cm³/mol. The molecule has 0 saturated heterocycles. The highest BCUT2D eigenvalue weighted by Crippen LogP contribution is 2.32. The van der Waals surface area contributed by atoms with Gasteiger partial charge in [0.05, 0.1) is 17.3 Å². The first-order valence-electron chi connectivity index (χ1n) is 8.39. The van der Waals surface area contributed by atoms with Gasteiger partial charge in [-0.15, -0.1) is 12.4 Å². The summed E-state index contributed by atoms with van der Waals surface area (Å²) in [4.78, 5) is 21.6. The Labute approximate surface area is 169 Å². The Balaban J connectivity index is 0.00000261. The van der Waals surface area contributed by atoms with Crippen molar-refractivity contribution in [3.8, 4) is 5.75 Å². The van der Waals surface area contributed by atoms with E-state index in [9.17, 15) is 4.79 Å². The molecule has 2 heterocycles. The molecule has 2 aromatic heterocycles. The van der Waals surface area contributed by atoms with Crippen LogP contribution in [0.2, 0.25) is 0 Å². The van der Waals surface area contributed by atoms with Crippen LogP contribution in [-0.2, 0) is 7.05 Å². The van der Waals surface area contributed by atoms with Crippen molar-refractivity contribution in [2.24, 2.45) is 7.05 Å². The Morgan fingerprint density at radius 1 is 1.26 bits per heavy atom. The fourth-order valence-corrected chi connectivity index (χ4v) is 3.70. The summed E-state index contributed by atoms with van der Waals surface area (Å²) >= 11 is 1.50. The van der Waals surface area contributed by atoms with Crippen molar-refractivity contribution in [2.45, 2.75) is 6.42 Å². The molecule has 27 heavy (non-hydrogen) atoms. The van der Waals surface area contributed by atoms with Crippen LogP contribution in [0.4, 0.5) is 5.13 Å². The first-order chi connectivity index (χ1) is 12.5. The minimum Gasteiger partial charge on any atom is -0.497 e. The molecular formula is C18H24ClN5O2S. The number of anilines is 1. The average Bonchev–Trinajstić information content (AvgIpc) is 3.22. The lowest BCUT2D eigenvalue weighted by molar-refractivity contribution is 0.0977. The van der Waals surface area contributed by atoms with Gasteiger partial charge in [-0.1, -0.05) is 11.3 Å². The van der Waals surface area contributed by atoms with Crippen LogP contribution in [-0.4, -0.2) is 59.9 Å². The number of methoxy groups -OCH3 is 1. The molecule has 0 atom stereocenters. The number of carbonyl (C=O) groups is 1. The minimum absolute atomic E-state index is 0. The molecule has 0 spiro atoms. The summed E-state index contributed by atoms with van der Waals surface area (Å²) in [7, 11) is 7.46. The third-order valence-corrected chi connectivity index (χ3v) is 5.13. The van der Waals surface area contributed by atoms with Crippen LogP contribution in [0.3, 0.4) is 0 Å². The maximum Gasteiger partial charge on any atom is 0.278 e. The number of aromatic nitrogens is 3. The van der Waals surface area contributed by atoms with Crippen molar-refractivity contribution >= 4 is 45.0 Å². The molecule has 1 aromatic carbocycles. The zero-order valence-corrected chi connectivity index (χ0v) is 17.5. The molecular weight excluding hydrogens is 386 g/mol. The predicted octanol–water partition coefficient (Wildman–Crippen LogP) is 3.06. The summed E-state index contributed by atoms with van der Waals surface area (Å²) < 4.78 is 7.88. The number of fused-ring (bicyclic) bond motifs is 1. The lowest BCUT2D eigenvalue weighted by atomic mass is 10.3. The van der Waals surface area contributed by atoms with Crippen LogP contribution in [0.5, 0.6) is 5.75 Å². The van der Waals surface area contributed by atoms with E-state index in [4.69, 9.17) is 4.74 Å². The van der Waals surface area contributed by atoms with Crippen molar-refractivity contribution < 1.29 is 9.53 Å². The lowest BCUT2D eigenvalue weighted by Crippen LogP contribution is -2.34. The number of carbonyl (C=O) groups excluding carboxylic acids is 1. The van der Waals surface area contributed by atoms with Crippen LogP contribution >= 0.6 is 23.7 Å². The van der Waals surface area contributed by atoms with Gasteiger partial charge in [0.25, 0.3) is 5.91 Å². The van der Waals surface area contributed by atoms with Crippen molar-refractivity contribution in [3.05, 3.63) is 36.2 Å². The van der Waals surface area contributed by atoms with Gasteiger partial charge in [0.1, 0.15) is 11.4 Å². The Kier molecular flexibility index (Phi) is 7.18. The summed E-state index contributed by atoms with van der Waals surface area (Å²) in [6, 6.07) is 7.48. The summed E-state index contributed by atoms with van der Waals surface area (Å²) in [5.41, 5.74) is 1.41. The third kappa shape index (κ3) is 4.77. The van der Waals surface area contributed by atoms with Gasteiger partial charge in [0.15, 0.2) is 5.13 Å². The molecule has 146 valence electrons. The minimum atomic E-state index is -0.0882. The summed E-state index contributed by atoms with van der Waals surface area (Å²) in [5, 5.41) is 4.81. The van der Waals surface area contributed by atoms with E-state index >= 15 is 0 Å². The van der Waals surface area contributed by atoms with Crippen LogP contribution in [0.15, 0.2) is 30.5 Å². The highest BCUT2D eigenvalue weighted by atomic mass is 35.5. The molecule has 0 radical (unpaired) electrons. The van der Waals surface area contributed by atoms with Crippen molar-refractivity contribution in [1.29, 1.82) is 0 Å². The molecule has 3 rings (SSSR count). The van der Waals surface area contributed by atoms with E-state index in [1.807, 2.05) is 32.3 Å². The van der Waals surface area contributed by atoms with E-state index in [0.717, 1.165) is 28.9 Å². The molecule has 1 amide bonds. The number of rotatable bonds is 7. The number of halogens is 1. The molecule has 0 aliphatic rings. The van der Waals surface area contributed by atoms with Crippen LogP contribution in [0.1, 0.15) is 16.9 Å². The molecule has 0 aliphatic carbocycles. The first-order valence-corrected chi connectivity index (χ1v) is 9.20. The van der Waals surface area contributed by atoms with E-state index < -0.39 is 0 Å². The van der Waals surface area contributed by atoms with E-state index in [1.54, 1.807) is 36.0 Å². The Bertz CT molecular complexity index is 908. The third-order valence-electron chi connectivity index (χ3n) is 4.09. The van der Waals surface area contributed by atoms with Crippen molar-refractivity contribution in [1.82, 2.24) is 19.7 Å². The normalized spacial score (nSPS) is 10.9. The number of amides is 1. The Morgan fingerprint density at radius 2 is 2.04 bits per heavy atom. The number of ether oxygens (including phenoxy) is 1. The largest absolute Gasteiger partial charge is 0.497 e. The van der Waals surface area contributed by atoms with Crippen molar-refractivity contribution in [2.75, 3.05) is 39.2 Å². The monoisotopic (exact) mass is 409 g/mol. The molecule has 0 aliphatic heterocycles. The van der Waals surface area contributed by atoms with E-state index in [1.165, 1.54) is 11.3 Å². The zero-order valence-electron chi connectivity index (χ0n) is 15.9. The fraction of sp³-hybridized carbons (Fsp3) is 0.389. The van der Waals surface area contributed by atoms with Gasteiger partial charge in [-0.05, 0) is 51.3 Å². The summed E-state index contributed by atoms with van der Waals surface area (Å²) in [6.07, 6.45) is 2.49. The second-order valence-electron chi connectivity index (χ2n) is 6.28. The average molecular weight is 410 g/mol. The number of hydrogen-bond acceptors (Lipinski definition) is 6. The second-order valence-corrected chi connectivity index (χ2v) is 7.29. The molecule has 7 nitrogen and oxygen atoms in total. The molecule has 0 N–H and O–H groups in total. The van der Waals surface area contributed by atoms with Gasteiger partial charge in [-0.25, -0.2) is 4.98 Å². The standard InChI is InChI=1S/C18H23N5O2S.ClH/c1-21(2)10-5-11-23(17(24)15-8-9-19-22(15)3)18-20-14-7-6-13(25-4)12-16(14)26-18;/h6-9,12H,5,10-11H2,1-4H3;1H. The highest BCUT2D eigenvalue weighted by Gasteiger charge is 2.23. The van der Waals surface area contributed by atoms with Crippen LogP contribution in [0.25, 0.3) is 10.2 Å². The second kappa shape index (κ2) is 9.16. The molecule has 3 aromatic rings.